The van der Waals surface area contributed by atoms with Crippen LogP contribution in [0.2, 0.25) is 0 Å². The van der Waals surface area contributed by atoms with Gasteiger partial charge in [0.25, 0.3) is 0 Å². The number of hydrogen-bond donors (Lipinski definition) is 1. The van der Waals surface area contributed by atoms with Crippen LogP contribution in [0.15, 0.2) is 70.1 Å². The molecule has 1 aromatic carbocycles. The van der Waals surface area contributed by atoms with E-state index >= 15 is 0 Å². The van der Waals surface area contributed by atoms with Crippen LogP contribution in [0.1, 0.15) is 10.4 Å². The highest BCUT2D eigenvalue weighted by atomic mass is 32.1. The molecule has 0 radical (unpaired) electrons. The maximum Gasteiger partial charge on any atom is 0.335 e. The van der Waals surface area contributed by atoms with Gasteiger partial charge in [-0.25, -0.2) is 4.79 Å². The van der Waals surface area contributed by atoms with Crippen molar-refractivity contribution in [1.29, 1.82) is 0 Å². The standard InChI is InChI=1S/C7H7O2P.2C4H4S/c8-7(9)5-1-3-6(10)4-2-5;2*1-2-4-5-3-1/h1-4H,10H2,(H,8,9);2*1-4H. The normalized spacial score (nSPS) is 8.65. The van der Waals surface area contributed by atoms with Gasteiger partial charge in [-0.15, -0.1) is 9.24 Å². The van der Waals surface area contributed by atoms with E-state index < -0.39 is 5.97 Å². The molecule has 1 atom stereocenters. The first kappa shape index (κ1) is 16.6. The molecular formula is C15H15O2PS2. The Morgan fingerprint density at radius 2 is 1.25 bits per heavy atom. The van der Waals surface area contributed by atoms with Crippen LogP contribution in [0.5, 0.6) is 0 Å². The van der Waals surface area contributed by atoms with Gasteiger partial charge >= 0.3 is 5.97 Å². The van der Waals surface area contributed by atoms with Crippen molar-refractivity contribution in [2.45, 2.75) is 0 Å². The number of benzene rings is 1. The van der Waals surface area contributed by atoms with Gasteiger partial charge in [0.1, 0.15) is 0 Å². The average molecular weight is 322 g/mol. The monoisotopic (exact) mass is 322 g/mol. The highest BCUT2D eigenvalue weighted by molar-refractivity contribution is 7.27. The third-order valence-electron chi connectivity index (χ3n) is 2.01. The van der Waals surface area contributed by atoms with E-state index in [9.17, 15) is 4.79 Å². The molecule has 0 bridgehead atoms. The van der Waals surface area contributed by atoms with Crippen molar-refractivity contribution in [3.05, 3.63) is 75.6 Å². The summed E-state index contributed by atoms with van der Waals surface area (Å²) in [6, 6.07) is 14.7. The topological polar surface area (TPSA) is 37.3 Å². The molecule has 2 nitrogen and oxygen atoms in total. The number of rotatable bonds is 1. The third-order valence-corrected chi connectivity index (χ3v) is 3.65. The molecule has 0 saturated heterocycles. The molecule has 1 N–H and O–H groups in total. The highest BCUT2D eigenvalue weighted by Crippen LogP contribution is 1.98. The molecule has 3 aromatic rings. The summed E-state index contributed by atoms with van der Waals surface area (Å²) >= 11 is 3.43. The predicted octanol–water partition coefficient (Wildman–Crippen LogP) is 4.38. The van der Waals surface area contributed by atoms with E-state index in [4.69, 9.17) is 5.11 Å². The summed E-state index contributed by atoms with van der Waals surface area (Å²) in [4.78, 5) is 10.3. The molecule has 0 fully saturated rings. The van der Waals surface area contributed by atoms with Crippen LogP contribution in [-0.4, -0.2) is 11.1 Å². The maximum absolute atomic E-state index is 10.3. The summed E-state index contributed by atoms with van der Waals surface area (Å²) in [5, 5.41) is 17.6. The second kappa shape index (κ2) is 10.3. The first-order valence-corrected chi connectivity index (χ1v) is 8.19. The van der Waals surface area contributed by atoms with Crippen LogP contribution in [-0.2, 0) is 0 Å². The molecule has 1 unspecified atom stereocenters. The Hall–Kier alpha value is -1.48. The quantitative estimate of drug-likeness (QED) is 0.675. The van der Waals surface area contributed by atoms with Crippen molar-refractivity contribution in [2.75, 3.05) is 0 Å². The summed E-state index contributed by atoms with van der Waals surface area (Å²) in [5.74, 6) is -0.884. The van der Waals surface area contributed by atoms with E-state index in [1.54, 1.807) is 46.9 Å². The van der Waals surface area contributed by atoms with Crippen LogP contribution in [0.25, 0.3) is 0 Å². The number of aromatic carboxylic acids is 1. The summed E-state index contributed by atoms with van der Waals surface area (Å²) in [7, 11) is 2.49. The summed E-state index contributed by atoms with van der Waals surface area (Å²) in [6.45, 7) is 0. The SMILES string of the molecule is O=C(O)c1ccc(P)cc1.c1ccsc1.c1ccsc1. The van der Waals surface area contributed by atoms with Gasteiger partial charge in [-0.2, -0.15) is 22.7 Å². The fourth-order valence-electron chi connectivity index (χ4n) is 1.08. The average Bonchev–Trinajstić information content (AvgIpc) is 3.18. The van der Waals surface area contributed by atoms with Crippen LogP contribution < -0.4 is 5.30 Å². The highest BCUT2D eigenvalue weighted by Gasteiger charge is 1.98. The molecule has 2 heterocycles. The van der Waals surface area contributed by atoms with Gasteiger partial charge in [-0.3, -0.25) is 0 Å². The number of hydrogen-bond acceptors (Lipinski definition) is 3. The molecule has 2 aromatic heterocycles. The molecule has 0 spiro atoms. The summed E-state index contributed by atoms with van der Waals surface area (Å²) in [6.07, 6.45) is 0. The lowest BCUT2D eigenvalue weighted by Crippen LogP contribution is -1.98. The molecule has 104 valence electrons. The summed E-state index contributed by atoms with van der Waals surface area (Å²) in [5.41, 5.74) is 0.325. The molecule has 5 heteroatoms. The lowest BCUT2D eigenvalue weighted by atomic mass is 10.2. The van der Waals surface area contributed by atoms with Gasteiger partial charge < -0.3 is 5.11 Å². The Kier molecular flexibility index (Phi) is 8.56. The minimum Gasteiger partial charge on any atom is -0.478 e. The Morgan fingerprint density at radius 3 is 1.50 bits per heavy atom. The zero-order chi connectivity index (χ0) is 14.6. The minimum absolute atomic E-state index is 0.325. The van der Waals surface area contributed by atoms with Crippen molar-refractivity contribution in [2.24, 2.45) is 0 Å². The van der Waals surface area contributed by atoms with Gasteiger partial charge in [-0.05, 0) is 39.0 Å². The molecule has 0 aliphatic heterocycles. The van der Waals surface area contributed by atoms with Crippen LogP contribution >= 0.6 is 31.9 Å². The fraction of sp³-hybridized carbons (Fsp3) is 0. The van der Waals surface area contributed by atoms with Crippen LogP contribution in [0.4, 0.5) is 0 Å². The van der Waals surface area contributed by atoms with Crippen molar-refractivity contribution in [1.82, 2.24) is 0 Å². The molecule has 0 aliphatic carbocycles. The first-order valence-electron chi connectivity index (χ1n) is 5.73. The largest absolute Gasteiger partial charge is 0.478 e. The second-order valence-corrected chi connectivity index (χ2v) is 5.81. The van der Waals surface area contributed by atoms with E-state index in [-0.39, 0.29) is 0 Å². The van der Waals surface area contributed by atoms with Crippen molar-refractivity contribution >= 4 is 43.2 Å². The lowest BCUT2D eigenvalue weighted by Gasteiger charge is -1.92. The summed E-state index contributed by atoms with van der Waals surface area (Å²) < 4.78 is 0. The van der Waals surface area contributed by atoms with E-state index in [1.807, 2.05) is 45.8 Å². The number of carbonyl (C=O) groups is 1. The van der Waals surface area contributed by atoms with Crippen molar-refractivity contribution in [3.8, 4) is 0 Å². The van der Waals surface area contributed by atoms with Gasteiger partial charge in [0.2, 0.25) is 0 Å². The van der Waals surface area contributed by atoms with Crippen LogP contribution in [0.3, 0.4) is 0 Å². The number of carboxylic acids is 1. The molecule has 0 saturated carbocycles. The lowest BCUT2D eigenvalue weighted by molar-refractivity contribution is 0.0697. The zero-order valence-electron chi connectivity index (χ0n) is 10.7. The van der Waals surface area contributed by atoms with Gasteiger partial charge in [0, 0.05) is 0 Å². The Morgan fingerprint density at radius 1 is 0.850 bits per heavy atom. The number of thiophene rings is 2. The van der Waals surface area contributed by atoms with E-state index in [0.717, 1.165) is 5.30 Å². The molecular weight excluding hydrogens is 307 g/mol. The van der Waals surface area contributed by atoms with Gasteiger partial charge in [0.05, 0.1) is 5.56 Å². The molecule has 3 rings (SSSR count). The molecule has 0 amide bonds. The van der Waals surface area contributed by atoms with Crippen LogP contribution in [0, 0.1) is 0 Å². The third kappa shape index (κ3) is 7.85. The Bertz CT molecular complexity index is 500. The Labute approximate surface area is 128 Å². The maximum atomic E-state index is 10.3. The second-order valence-electron chi connectivity index (χ2n) is 3.51. The molecule has 0 aliphatic rings. The predicted molar refractivity (Wildman–Crippen MR) is 91.4 cm³/mol. The van der Waals surface area contributed by atoms with Gasteiger partial charge in [0.15, 0.2) is 0 Å². The Balaban J connectivity index is 0.000000167. The molecule has 20 heavy (non-hydrogen) atoms. The van der Waals surface area contributed by atoms with E-state index in [1.165, 1.54) is 0 Å². The fourth-order valence-corrected chi connectivity index (χ4v) is 2.18. The zero-order valence-corrected chi connectivity index (χ0v) is 13.5. The number of carboxylic acid groups (broad SMARTS) is 1. The van der Waals surface area contributed by atoms with Crippen molar-refractivity contribution < 1.29 is 9.90 Å². The first-order chi connectivity index (χ1) is 9.70. The minimum atomic E-state index is -0.884. The van der Waals surface area contributed by atoms with Crippen molar-refractivity contribution in [3.63, 3.8) is 0 Å². The smallest absolute Gasteiger partial charge is 0.335 e. The van der Waals surface area contributed by atoms with E-state index in [0.29, 0.717) is 5.56 Å². The van der Waals surface area contributed by atoms with E-state index in [2.05, 4.69) is 9.24 Å². The van der Waals surface area contributed by atoms with Gasteiger partial charge in [-0.1, -0.05) is 36.4 Å².